The van der Waals surface area contributed by atoms with Crippen molar-refractivity contribution >= 4 is 23.6 Å². The van der Waals surface area contributed by atoms with Gasteiger partial charge in [0.1, 0.15) is 11.9 Å². The molecule has 0 unspecified atom stereocenters. The number of benzene rings is 2. The minimum absolute atomic E-state index is 0.0897. The van der Waals surface area contributed by atoms with Crippen LogP contribution in [-0.2, 0) is 21.9 Å². The lowest BCUT2D eigenvalue weighted by Crippen LogP contribution is -2.48. The van der Waals surface area contributed by atoms with Crippen molar-refractivity contribution in [3.05, 3.63) is 71.5 Å². The number of halogens is 1. The van der Waals surface area contributed by atoms with Gasteiger partial charge in [-0.25, -0.2) is 4.39 Å². The molecule has 156 valence electrons. The molecule has 0 spiro atoms. The fraction of sp³-hybridized carbons (Fsp3) is 0.391. The molecule has 2 aromatic carbocycles. The van der Waals surface area contributed by atoms with Crippen molar-refractivity contribution in [2.75, 3.05) is 12.3 Å². The summed E-state index contributed by atoms with van der Waals surface area (Å²) >= 11 is 1.46. The summed E-state index contributed by atoms with van der Waals surface area (Å²) in [4.78, 5) is 27.1. The third-order valence-electron chi connectivity index (χ3n) is 4.46. The smallest absolute Gasteiger partial charge is 0.242 e. The van der Waals surface area contributed by atoms with E-state index in [-0.39, 0.29) is 23.4 Å². The van der Waals surface area contributed by atoms with E-state index in [9.17, 15) is 14.0 Å². The van der Waals surface area contributed by atoms with Crippen molar-refractivity contribution in [1.82, 2.24) is 10.2 Å². The number of nitrogens with one attached hydrogen (secondary N) is 1. The average molecular weight is 417 g/mol. The molecule has 2 amide bonds. The van der Waals surface area contributed by atoms with Gasteiger partial charge in [0.2, 0.25) is 11.8 Å². The summed E-state index contributed by atoms with van der Waals surface area (Å²) in [5, 5.41) is 2.92. The molecule has 0 saturated carbocycles. The molecular formula is C23H29FN2O2S. The Kier molecular flexibility index (Phi) is 9.19. The van der Waals surface area contributed by atoms with Crippen molar-refractivity contribution in [3.63, 3.8) is 0 Å². The summed E-state index contributed by atoms with van der Waals surface area (Å²) in [5.41, 5.74) is 1.94. The van der Waals surface area contributed by atoms with Gasteiger partial charge in [-0.15, -0.1) is 11.8 Å². The summed E-state index contributed by atoms with van der Waals surface area (Å²) in [6, 6.07) is 15.4. The van der Waals surface area contributed by atoms with Gasteiger partial charge in [-0.2, -0.15) is 0 Å². The number of rotatable bonds is 10. The maximum Gasteiger partial charge on any atom is 0.242 e. The third-order valence-corrected chi connectivity index (χ3v) is 5.44. The van der Waals surface area contributed by atoms with Gasteiger partial charge in [0.25, 0.3) is 0 Å². The van der Waals surface area contributed by atoms with Gasteiger partial charge >= 0.3 is 0 Å². The van der Waals surface area contributed by atoms with Crippen LogP contribution in [0, 0.1) is 11.7 Å². The van der Waals surface area contributed by atoms with Gasteiger partial charge in [0.15, 0.2) is 0 Å². The predicted octanol–water partition coefficient (Wildman–Crippen LogP) is 4.25. The standard InChI is InChI=1S/C23H29FN2O2S/c1-17(2)13-25-23(28)18(3)26(14-19-7-5-4-6-8-19)22(27)16-29-15-20-9-11-21(24)12-10-20/h4-12,17-18H,13-16H2,1-3H3,(H,25,28)/t18-/m1/s1. The fourth-order valence-corrected chi connectivity index (χ4v) is 3.61. The predicted molar refractivity (Wildman–Crippen MR) is 117 cm³/mol. The van der Waals surface area contributed by atoms with Crippen LogP contribution in [0.25, 0.3) is 0 Å². The van der Waals surface area contributed by atoms with Crippen molar-refractivity contribution < 1.29 is 14.0 Å². The Balaban J connectivity index is 2.01. The van der Waals surface area contributed by atoms with Crippen molar-refractivity contribution in [1.29, 1.82) is 0 Å². The van der Waals surface area contributed by atoms with Crippen LogP contribution in [0.5, 0.6) is 0 Å². The zero-order valence-electron chi connectivity index (χ0n) is 17.2. The van der Waals surface area contributed by atoms with E-state index in [1.54, 1.807) is 24.0 Å². The zero-order valence-corrected chi connectivity index (χ0v) is 18.0. The lowest BCUT2D eigenvalue weighted by Gasteiger charge is -2.29. The van der Waals surface area contributed by atoms with E-state index in [1.165, 1.54) is 23.9 Å². The molecule has 0 bridgehead atoms. The first-order chi connectivity index (χ1) is 13.9. The second-order valence-corrected chi connectivity index (χ2v) is 8.43. The number of thioether (sulfide) groups is 1. The Labute approximate surface area is 176 Å². The van der Waals surface area contributed by atoms with Crippen LogP contribution in [0.3, 0.4) is 0 Å². The first kappa shape index (κ1) is 22.9. The Morgan fingerprint density at radius 3 is 2.28 bits per heavy atom. The van der Waals surface area contributed by atoms with E-state index in [0.717, 1.165) is 11.1 Å². The number of carbonyl (C=O) groups excluding carboxylic acids is 2. The molecule has 0 saturated heterocycles. The van der Waals surface area contributed by atoms with Crippen LogP contribution in [-0.4, -0.2) is 35.1 Å². The first-order valence-corrected chi connectivity index (χ1v) is 11.0. The number of hydrogen-bond acceptors (Lipinski definition) is 3. The molecule has 0 fully saturated rings. The van der Waals surface area contributed by atoms with Gasteiger partial charge in [-0.05, 0) is 36.1 Å². The SMILES string of the molecule is CC(C)CNC(=O)[C@@H](C)N(Cc1ccccc1)C(=O)CSCc1ccc(F)cc1. The largest absolute Gasteiger partial charge is 0.354 e. The molecule has 0 aliphatic rings. The van der Waals surface area contributed by atoms with Crippen LogP contribution in [0.2, 0.25) is 0 Å². The van der Waals surface area contributed by atoms with Crippen LogP contribution >= 0.6 is 11.8 Å². The Hall–Kier alpha value is -2.34. The third kappa shape index (κ3) is 7.89. The minimum atomic E-state index is -0.562. The fourth-order valence-electron chi connectivity index (χ4n) is 2.73. The van der Waals surface area contributed by atoms with E-state index in [1.807, 2.05) is 44.2 Å². The van der Waals surface area contributed by atoms with E-state index in [2.05, 4.69) is 5.32 Å². The summed E-state index contributed by atoms with van der Waals surface area (Å²) in [6.45, 7) is 6.79. The number of amides is 2. The lowest BCUT2D eigenvalue weighted by molar-refractivity contribution is -0.138. The summed E-state index contributed by atoms with van der Waals surface area (Å²) in [5.74, 6) is 0.700. The highest BCUT2D eigenvalue weighted by atomic mass is 32.2. The van der Waals surface area contributed by atoms with Crippen LogP contribution in [0.4, 0.5) is 4.39 Å². The van der Waals surface area contributed by atoms with Gasteiger partial charge < -0.3 is 10.2 Å². The highest BCUT2D eigenvalue weighted by molar-refractivity contribution is 7.99. The second kappa shape index (κ2) is 11.6. The maximum atomic E-state index is 13.0. The van der Waals surface area contributed by atoms with Gasteiger partial charge in [0.05, 0.1) is 5.75 Å². The molecular weight excluding hydrogens is 387 g/mol. The van der Waals surface area contributed by atoms with Crippen LogP contribution in [0.15, 0.2) is 54.6 Å². The maximum absolute atomic E-state index is 13.0. The van der Waals surface area contributed by atoms with Crippen LogP contribution < -0.4 is 5.32 Å². The van der Waals surface area contributed by atoms with E-state index >= 15 is 0 Å². The molecule has 0 aromatic heterocycles. The number of nitrogens with zero attached hydrogens (tertiary/aromatic N) is 1. The average Bonchev–Trinajstić information content (AvgIpc) is 2.71. The van der Waals surface area contributed by atoms with Crippen molar-refractivity contribution in [2.24, 2.45) is 5.92 Å². The molecule has 29 heavy (non-hydrogen) atoms. The summed E-state index contributed by atoms with van der Waals surface area (Å²) < 4.78 is 13.0. The Morgan fingerprint density at radius 1 is 1.00 bits per heavy atom. The Bertz CT molecular complexity index is 781. The molecule has 1 atom stereocenters. The normalized spacial score (nSPS) is 11.9. The first-order valence-electron chi connectivity index (χ1n) is 9.80. The molecule has 1 N–H and O–H groups in total. The van der Waals surface area contributed by atoms with E-state index in [0.29, 0.717) is 24.8 Å². The number of hydrogen-bond donors (Lipinski definition) is 1. The molecule has 0 aliphatic carbocycles. The van der Waals surface area contributed by atoms with Gasteiger partial charge in [-0.1, -0.05) is 56.3 Å². The zero-order chi connectivity index (χ0) is 21.2. The quantitative estimate of drug-likeness (QED) is 0.630. The minimum Gasteiger partial charge on any atom is -0.354 e. The number of carbonyl (C=O) groups is 2. The molecule has 2 aromatic rings. The topological polar surface area (TPSA) is 49.4 Å². The summed E-state index contributed by atoms with van der Waals surface area (Å²) in [7, 11) is 0. The van der Waals surface area contributed by atoms with Gasteiger partial charge in [0, 0.05) is 18.8 Å². The second-order valence-electron chi connectivity index (χ2n) is 7.44. The molecule has 4 nitrogen and oxygen atoms in total. The highest BCUT2D eigenvalue weighted by Crippen LogP contribution is 2.16. The van der Waals surface area contributed by atoms with Crippen molar-refractivity contribution in [3.8, 4) is 0 Å². The van der Waals surface area contributed by atoms with E-state index < -0.39 is 6.04 Å². The molecule has 0 heterocycles. The van der Waals surface area contributed by atoms with Crippen molar-refractivity contribution in [2.45, 2.75) is 39.1 Å². The molecule has 6 heteroatoms. The molecule has 0 radical (unpaired) electrons. The molecule has 0 aliphatic heterocycles. The van der Waals surface area contributed by atoms with E-state index in [4.69, 9.17) is 0 Å². The molecule has 2 rings (SSSR count). The van der Waals surface area contributed by atoms with Crippen LogP contribution in [0.1, 0.15) is 31.9 Å². The summed E-state index contributed by atoms with van der Waals surface area (Å²) in [6.07, 6.45) is 0. The Morgan fingerprint density at radius 2 is 1.66 bits per heavy atom. The lowest BCUT2D eigenvalue weighted by atomic mass is 10.1. The monoisotopic (exact) mass is 416 g/mol. The highest BCUT2D eigenvalue weighted by Gasteiger charge is 2.26. The van der Waals surface area contributed by atoms with Gasteiger partial charge in [-0.3, -0.25) is 9.59 Å².